The fourth-order valence-electron chi connectivity index (χ4n) is 4.09. The van der Waals surface area contributed by atoms with Gasteiger partial charge in [0.25, 0.3) is 0 Å². The highest BCUT2D eigenvalue weighted by Gasteiger charge is 2.39. The number of aromatic carboxylic acids is 1. The van der Waals surface area contributed by atoms with Crippen LogP contribution < -0.4 is 4.74 Å². The van der Waals surface area contributed by atoms with Gasteiger partial charge >= 0.3 is 5.97 Å². The van der Waals surface area contributed by atoms with Crippen molar-refractivity contribution in [3.63, 3.8) is 0 Å². The molecule has 0 saturated carbocycles. The summed E-state index contributed by atoms with van der Waals surface area (Å²) in [7, 11) is 0. The lowest BCUT2D eigenvalue weighted by molar-refractivity contribution is 0.0697. The molecule has 2 aliphatic rings. The minimum atomic E-state index is -0.965. The van der Waals surface area contributed by atoms with Crippen molar-refractivity contribution in [2.75, 3.05) is 0 Å². The zero-order chi connectivity index (χ0) is 19.6. The van der Waals surface area contributed by atoms with Gasteiger partial charge < -0.3 is 14.9 Å². The normalized spacial score (nSPS) is 18.9. The Morgan fingerprint density at radius 2 is 1.89 bits per heavy atom. The first-order valence-electron chi connectivity index (χ1n) is 9.07. The summed E-state index contributed by atoms with van der Waals surface area (Å²) < 4.78 is 5.99. The van der Waals surface area contributed by atoms with E-state index in [9.17, 15) is 15.0 Å². The molecular weight excluding hydrogens is 342 g/mol. The van der Waals surface area contributed by atoms with Crippen molar-refractivity contribution in [1.29, 1.82) is 0 Å². The largest absolute Gasteiger partial charge is 0.504 e. The van der Waals surface area contributed by atoms with E-state index < -0.39 is 11.6 Å². The fraction of sp³-hybridized carbons (Fsp3) is 0.364. The number of fused-ring (bicyclic) bond motifs is 3. The number of rotatable bonds is 2. The third kappa shape index (κ3) is 2.97. The molecular formula is C22H23NO4. The summed E-state index contributed by atoms with van der Waals surface area (Å²) in [4.78, 5) is 16.4. The van der Waals surface area contributed by atoms with Crippen LogP contribution in [0.5, 0.6) is 11.5 Å². The molecule has 2 aromatic rings. The van der Waals surface area contributed by atoms with E-state index in [2.05, 4.69) is 0 Å². The number of carboxylic acid groups (broad SMARTS) is 1. The number of carboxylic acids is 1. The number of hydrogen-bond acceptors (Lipinski definition) is 4. The van der Waals surface area contributed by atoms with Gasteiger partial charge in [-0.3, -0.25) is 4.99 Å². The second-order valence-electron chi connectivity index (χ2n) is 8.61. The number of aliphatic imine (C=N–C) groups is 1. The molecule has 0 aliphatic carbocycles. The Hall–Kier alpha value is -2.82. The Morgan fingerprint density at radius 3 is 2.59 bits per heavy atom. The second kappa shape index (κ2) is 5.59. The van der Waals surface area contributed by atoms with E-state index in [4.69, 9.17) is 9.73 Å². The average molecular weight is 365 g/mol. The fourth-order valence-corrected chi connectivity index (χ4v) is 4.09. The molecule has 0 atom stereocenters. The molecule has 0 spiro atoms. The Balaban J connectivity index is 1.97. The van der Waals surface area contributed by atoms with E-state index in [0.717, 1.165) is 28.0 Å². The molecule has 140 valence electrons. The molecule has 27 heavy (non-hydrogen) atoms. The zero-order valence-electron chi connectivity index (χ0n) is 16.0. The molecule has 0 saturated heterocycles. The molecule has 0 aromatic heterocycles. The molecule has 5 nitrogen and oxygen atoms in total. The van der Waals surface area contributed by atoms with Crippen LogP contribution >= 0.6 is 0 Å². The molecule has 0 unspecified atom stereocenters. The maximum atomic E-state index is 11.4. The minimum Gasteiger partial charge on any atom is -0.504 e. The Kier molecular flexibility index (Phi) is 3.64. The maximum absolute atomic E-state index is 11.4. The van der Waals surface area contributed by atoms with Crippen LogP contribution in [0, 0.1) is 0 Å². The van der Waals surface area contributed by atoms with Gasteiger partial charge in [0.05, 0.1) is 16.8 Å². The molecule has 2 N–H and O–H groups in total. The molecule has 2 heterocycles. The minimum absolute atomic E-state index is 0.158. The third-order valence-corrected chi connectivity index (χ3v) is 5.08. The molecule has 5 heteroatoms. The Morgan fingerprint density at radius 1 is 1.15 bits per heavy atom. The zero-order valence-corrected chi connectivity index (χ0v) is 16.0. The Labute approximate surface area is 158 Å². The molecule has 4 rings (SSSR count). The monoisotopic (exact) mass is 365 g/mol. The SMILES string of the molecule is CC1(C)Cc2cc(O)c3c(c2C(c2cccc(C(=O)O)c2)=N1)CC(C)(C)O3. The standard InChI is InChI=1S/C22H23NO4/c1-21(2)10-14-9-16(24)19-15(11-22(3,4)27-19)17(14)18(23-21)12-6-5-7-13(8-12)20(25)26/h5-9,24H,10-11H2,1-4H3,(H,25,26). The summed E-state index contributed by atoms with van der Waals surface area (Å²) in [5.41, 5.74) is 3.94. The summed E-state index contributed by atoms with van der Waals surface area (Å²) in [6, 6.07) is 8.63. The predicted octanol–water partition coefficient (Wildman–Crippen LogP) is 3.98. The van der Waals surface area contributed by atoms with Crippen molar-refractivity contribution in [2.24, 2.45) is 4.99 Å². The second-order valence-corrected chi connectivity index (χ2v) is 8.61. The van der Waals surface area contributed by atoms with Crippen LogP contribution in [-0.4, -0.2) is 33.0 Å². The summed E-state index contributed by atoms with van der Waals surface area (Å²) >= 11 is 0. The number of hydrogen-bond donors (Lipinski definition) is 2. The van der Waals surface area contributed by atoms with Crippen molar-refractivity contribution in [2.45, 2.75) is 51.7 Å². The van der Waals surface area contributed by atoms with Crippen LogP contribution in [0.4, 0.5) is 0 Å². The highest BCUT2D eigenvalue weighted by atomic mass is 16.5. The van der Waals surface area contributed by atoms with Crippen molar-refractivity contribution >= 4 is 11.7 Å². The van der Waals surface area contributed by atoms with Crippen LogP contribution in [-0.2, 0) is 12.8 Å². The van der Waals surface area contributed by atoms with Crippen molar-refractivity contribution in [3.8, 4) is 11.5 Å². The maximum Gasteiger partial charge on any atom is 0.335 e. The van der Waals surface area contributed by atoms with Crippen molar-refractivity contribution in [1.82, 2.24) is 0 Å². The van der Waals surface area contributed by atoms with Gasteiger partial charge in [-0.25, -0.2) is 4.79 Å². The van der Waals surface area contributed by atoms with Gasteiger partial charge in [0.2, 0.25) is 0 Å². The molecule has 0 fully saturated rings. The van der Waals surface area contributed by atoms with Gasteiger partial charge in [0.15, 0.2) is 11.5 Å². The van der Waals surface area contributed by atoms with Crippen molar-refractivity contribution in [3.05, 3.63) is 58.1 Å². The number of phenols is 1. The number of carbonyl (C=O) groups is 1. The molecule has 0 bridgehead atoms. The van der Waals surface area contributed by atoms with E-state index in [-0.39, 0.29) is 16.9 Å². The highest BCUT2D eigenvalue weighted by molar-refractivity contribution is 6.16. The van der Waals surface area contributed by atoms with Gasteiger partial charge in [-0.1, -0.05) is 12.1 Å². The number of phenolic OH excluding ortho intramolecular Hbond substituents is 1. The van der Waals surface area contributed by atoms with Crippen LogP contribution in [0.3, 0.4) is 0 Å². The summed E-state index contributed by atoms with van der Waals surface area (Å²) in [6.45, 7) is 8.07. The first kappa shape index (κ1) is 17.6. The molecule has 0 radical (unpaired) electrons. The van der Waals surface area contributed by atoms with E-state index in [1.807, 2.05) is 33.8 Å². The van der Waals surface area contributed by atoms with Gasteiger partial charge in [-0.2, -0.15) is 0 Å². The lowest BCUT2D eigenvalue weighted by Gasteiger charge is -2.30. The van der Waals surface area contributed by atoms with Gasteiger partial charge in [-0.05, 0) is 57.9 Å². The van der Waals surface area contributed by atoms with E-state index in [0.29, 0.717) is 18.6 Å². The quantitative estimate of drug-likeness (QED) is 0.844. The first-order chi connectivity index (χ1) is 12.6. The van der Waals surface area contributed by atoms with Crippen LogP contribution in [0.1, 0.15) is 60.3 Å². The summed E-state index contributed by atoms with van der Waals surface area (Å²) in [5.74, 6) is -0.292. The van der Waals surface area contributed by atoms with Crippen molar-refractivity contribution < 1.29 is 19.7 Å². The predicted molar refractivity (Wildman–Crippen MR) is 103 cm³/mol. The average Bonchev–Trinajstić information content (AvgIpc) is 2.89. The molecule has 2 aromatic carbocycles. The van der Waals surface area contributed by atoms with Crippen LogP contribution in [0.2, 0.25) is 0 Å². The third-order valence-electron chi connectivity index (χ3n) is 5.08. The van der Waals surface area contributed by atoms with E-state index >= 15 is 0 Å². The van der Waals surface area contributed by atoms with Crippen LogP contribution in [0.25, 0.3) is 0 Å². The number of ether oxygens (including phenoxy) is 1. The lowest BCUT2D eigenvalue weighted by Crippen LogP contribution is -2.30. The number of aromatic hydroxyl groups is 1. The van der Waals surface area contributed by atoms with Gasteiger partial charge in [0.1, 0.15) is 5.60 Å². The summed E-state index contributed by atoms with van der Waals surface area (Å²) in [5, 5.41) is 19.9. The van der Waals surface area contributed by atoms with Crippen LogP contribution in [0.15, 0.2) is 35.3 Å². The molecule has 0 amide bonds. The van der Waals surface area contributed by atoms with Gasteiger partial charge in [-0.15, -0.1) is 0 Å². The lowest BCUT2D eigenvalue weighted by atomic mass is 9.81. The van der Waals surface area contributed by atoms with E-state index in [1.54, 1.807) is 24.3 Å². The van der Waals surface area contributed by atoms with E-state index in [1.165, 1.54) is 0 Å². The molecule has 2 aliphatic heterocycles. The Bertz CT molecular complexity index is 1000. The van der Waals surface area contributed by atoms with Gasteiger partial charge in [0, 0.05) is 23.1 Å². The smallest absolute Gasteiger partial charge is 0.335 e. The number of benzene rings is 2. The number of nitrogens with zero attached hydrogens (tertiary/aromatic N) is 1. The summed E-state index contributed by atoms with van der Waals surface area (Å²) in [6.07, 6.45) is 1.36. The highest BCUT2D eigenvalue weighted by Crippen LogP contribution is 2.47. The topological polar surface area (TPSA) is 79.1 Å². The first-order valence-corrected chi connectivity index (χ1v) is 9.07.